The Balaban J connectivity index is 2.28. The average molecular weight is 329 g/mol. The molecule has 3 N–H and O–H groups in total. The first-order valence-electron chi connectivity index (χ1n) is 7.76. The number of amides is 1. The van der Waals surface area contributed by atoms with Crippen molar-refractivity contribution in [2.45, 2.75) is 38.5 Å². The Hall–Kier alpha value is -2.63. The number of aliphatic carboxylic acids is 1. The van der Waals surface area contributed by atoms with Crippen molar-refractivity contribution in [3.05, 3.63) is 41.2 Å². The second-order valence-corrected chi connectivity index (χ2v) is 7.24. The van der Waals surface area contributed by atoms with Gasteiger partial charge in [-0.3, -0.25) is 14.4 Å². The summed E-state index contributed by atoms with van der Waals surface area (Å²) in [4.78, 5) is 37.0. The van der Waals surface area contributed by atoms with Crippen LogP contribution in [0.4, 0.5) is 5.69 Å². The van der Waals surface area contributed by atoms with Crippen molar-refractivity contribution in [3.63, 3.8) is 0 Å². The number of carbonyl (C=O) groups excluding carboxylic acids is 2. The molecule has 1 atom stereocenters. The minimum Gasteiger partial charge on any atom is -0.512 e. The number of fused-ring (bicyclic) bond motifs is 1. The summed E-state index contributed by atoms with van der Waals surface area (Å²) in [7, 11) is 0. The predicted molar refractivity (Wildman–Crippen MR) is 86.7 cm³/mol. The third kappa shape index (κ3) is 2.29. The number of carbonyl (C=O) groups is 3. The lowest BCUT2D eigenvalue weighted by molar-refractivity contribution is -0.140. The number of allylic oxidation sites excluding steroid dienone is 1. The van der Waals surface area contributed by atoms with Crippen LogP contribution in [0.25, 0.3) is 0 Å². The summed E-state index contributed by atoms with van der Waals surface area (Å²) < 4.78 is 0. The number of nitrogens with one attached hydrogen (secondary N) is 1. The van der Waals surface area contributed by atoms with E-state index < -0.39 is 29.1 Å². The SMILES string of the molecule is CC1(C)CC(=O)C(C2(CC(=O)O)C(=O)Nc3ccccc32)=C(O)C1. The van der Waals surface area contributed by atoms with Crippen molar-refractivity contribution in [3.8, 4) is 0 Å². The molecule has 0 radical (unpaired) electrons. The van der Waals surface area contributed by atoms with Gasteiger partial charge in [0.15, 0.2) is 5.78 Å². The Morgan fingerprint density at radius 2 is 1.88 bits per heavy atom. The number of hydrogen-bond donors (Lipinski definition) is 3. The Bertz CT molecular complexity index is 792. The molecule has 6 nitrogen and oxygen atoms in total. The number of aliphatic hydroxyl groups excluding tert-OH is 1. The molecule has 1 aromatic rings. The third-order valence-electron chi connectivity index (χ3n) is 4.72. The van der Waals surface area contributed by atoms with Gasteiger partial charge in [-0.1, -0.05) is 32.0 Å². The van der Waals surface area contributed by atoms with E-state index in [1.165, 1.54) is 0 Å². The van der Waals surface area contributed by atoms with Gasteiger partial charge in [0.1, 0.15) is 11.2 Å². The van der Waals surface area contributed by atoms with Crippen LogP contribution in [0.15, 0.2) is 35.6 Å². The molecule has 0 saturated heterocycles. The van der Waals surface area contributed by atoms with Gasteiger partial charge in [-0.25, -0.2) is 0 Å². The highest BCUT2D eigenvalue weighted by atomic mass is 16.4. The number of ketones is 1. The molecule has 6 heteroatoms. The number of Topliss-reactive ketones (excluding diaryl/α,β-unsaturated/α-hetero) is 1. The van der Waals surface area contributed by atoms with E-state index in [4.69, 9.17) is 0 Å². The van der Waals surface area contributed by atoms with E-state index in [0.29, 0.717) is 11.3 Å². The van der Waals surface area contributed by atoms with Gasteiger partial charge in [0.05, 0.1) is 12.0 Å². The number of anilines is 1. The topological polar surface area (TPSA) is 104 Å². The number of carboxylic acid groups (broad SMARTS) is 1. The average Bonchev–Trinajstić information content (AvgIpc) is 2.69. The van der Waals surface area contributed by atoms with Crippen molar-refractivity contribution in [1.29, 1.82) is 0 Å². The van der Waals surface area contributed by atoms with E-state index in [9.17, 15) is 24.6 Å². The van der Waals surface area contributed by atoms with Gasteiger partial charge >= 0.3 is 5.97 Å². The van der Waals surface area contributed by atoms with Crippen molar-refractivity contribution < 1.29 is 24.6 Å². The Morgan fingerprint density at radius 1 is 1.21 bits per heavy atom. The molecule has 2 aliphatic rings. The fourth-order valence-corrected chi connectivity index (χ4v) is 3.83. The first-order valence-corrected chi connectivity index (χ1v) is 7.76. The minimum atomic E-state index is -1.68. The fraction of sp³-hybridized carbons (Fsp3) is 0.389. The van der Waals surface area contributed by atoms with Crippen LogP contribution in [0.3, 0.4) is 0 Å². The highest BCUT2D eigenvalue weighted by molar-refractivity contribution is 6.17. The zero-order valence-corrected chi connectivity index (χ0v) is 13.5. The largest absolute Gasteiger partial charge is 0.512 e. The van der Waals surface area contributed by atoms with E-state index in [2.05, 4.69) is 5.32 Å². The van der Waals surface area contributed by atoms with Crippen LogP contribution >= 0.6 is 0 Å². The third-order valence-corrected chi connectivity index (χ3v) is 4.72. The molecular weight excluding hydrogens is 310 g/mol. The number of aliphatic hydroxyl groups is 1. The second kappa shape index (κ2) is 5.19. The zero-order valence-electron chi connectivity index (χ0n) is 13.5. The number of rotatable bonds is 3. The summed E-state index contributed by atoms with van der Waals surface area (Å²) in [6.45, 7) is 3.70. The first-order chi connectivity index (χ1) is 11.2. The van der Waals surface area contributed by atoms with Crippen LogP contribution in [0, 0.1) is 5.41 Å². The van der Waals surface area contributed by atoms with Crippen LogP contribution in [0.2, 0.25) is 0 Å². The summed E-state index contributed by atoms with van der Waals surface area (Å²) in [5.41, 5.74) is -1.29. The van der Waals surface area contributed by atoms with Gasteiger partial charge in [-0.15, -0.1) is 0 Å². The maximum atomic E-state index is 12.8. The molecule has 0 fully saturated rings. The standard InChI is InChI=1S/C18H19NO5/c1-17(2)7-12(20)15(13(21)8-17)18(9-14(22)23)10-5-3-4-6-11(10)19-16(18)24/h3-6,20H,7-9H2,1-2H3,(H,19,24)(H,22,23). The van der Waals surface area contributed by atoms with Gasteiger partial charge < -0.3 is 15.5 Å². The second-order valence-electron chi connectivity index (χ2n) is 7.24. The highest BCUT2D eigenvalue weighted by Crippen LogP contribution is 2.50. The summed E-state index contributed by atoms with van der Waals surface area (Å²) in [6.07, 6.45) is -0.199. The number of hydrogen-bond acceptors (Lipinski definition) is 4. The van der Waals surface area contributed by atoms with Crippen LogP contribution in [0.1, 0.15) is 38.7 Å². The molecule has 1 unspecified atom stereocenters. The van der Waals surface area contributed by atoms with Crippen LogP contribution in [0.5, 0.6) is 0 Å². The van der Waals surface area contributed by atoms with Crippen LogP contribution < -0.4 is 5.32 Å². The normalized spacial score (nSPS) is 25.4. The van der Waals surface area contributed by atoms with Gasteiger partial charge in [-0.05, 0) is 17.0 Å². The monoisotopic (exact) mass is 329 g/mol. The molecule has 1 aliphatic heterocycles. The molecule has 1 aromatic carbocycles. The quantitative estimate of drug-likeness (QED) is 0.790. The van der Waals surface area contributed by atoms with Crippen LogP contribution in [-0.4, -0.2) is 27.9 Å². The summed E-state index contributed by atoms with van der Waals surface area (Å²) in [5.74, 6) is -2.36. The molecule has 0 saturated carbocycles. The summed E-state index contributed by atoms with van der Waals surface area (Å²) in [5, 5.41) is 22.6. The maximum Gasteiger partial charge on any atom is 0.305 e. The summed E-state index contributed by atoms with van der Waals surface area (Å²) in [6, 6.07) is 6.69. The lowest BCUT2D eigenvalue weighted by Gasteiger charge is -2.36. The zero-order chi connectivity index (χ0) is 17.7. The molecule has 3 rings (SSSR count). The van der Waals surface area contributed by atoms with Crippen molar-refractivity contribution in [2.75, 3.05) is 5.32 Å². The molecule has 0 bridgehead atoms. The number of benzene rings is 1. The lowest BCUT2D eigenvalue weighted by Crippen LogP contribution is -2.44. The number of carboxylic acids is 1. The molecule has 1 heterocycles. The Morgan fingerprint density at radius 3 is 2.50 bits per heavy atom. The van der Waals surface area contributed by atoms with E-state index in [1.807, 2.05) is 13.8 Å². The Labute approximate surface area is 139 Å². The van der Waals surface area contributed by atoms with E-state index in [0.717, 1.165) is 0 Å². The minimum absolute atomic E-state index is 0.0772. The molecular formula is C18H19NO5. The molecule has 1 amide bonds. The van der Waals surface area contributed by atoms with Crippen molar-refractivity contribution in [1.82, 2.24) is 0 Å². The first kappa shape index (κ1) is 16.2. The smallest absolute Gasteiger partial charge is 0.305 e. The maximum absolute atomic E-state index is 12.8. The highest BCUT2D eigenvalue weighted by Gasteiger charge is 2.56. The van der Waals surface area contributed by atoms with E-state index >= 15 is 0 Å². The van der Waals surface area contributed by atoms with Gasteiger partial charge in [0.2, 0.25) is 5.91 Å². The van der Waals surface area contributed by atoms with E-state index in [-0.39, 0.29) is 30.0 Å². The molecule has 0 spiro atoms. The van der Waals surface area contributed by atoms with Crippen molar-refractivity contribution >= 4 is 23.3 Å². The predicted octanol–water partition coefficient (Wildman–Crippen LogP) is 2.55. The number of para-hydroxylation sites is 1. The molecule has 1 aliphatic carbocycles. The van der Waals surface area contributed by atoms with Gasteiger partial charge in [-0.2, -0.15) is 0 Å². The fourth-order valence-electron chi connectivity index (χ4n) is 3.83. The Kier molecular flexibility index (Phi) is 3.51. The van der Waals surface area contributed by atoms with Crippen molar-refractivity contribution in [2.24, 2.45) is 5.41 Å². The molecule has 24 heavy (non-hydrogen) atoms. The molecule has 126 valence electrons. The van der Waals surface area contributed by atoms with Crippen LogP contribution in [-0.2, 0) is 19.8 Å². The molecule has 0 aromatic heterocycles. The van der Waals surface area contributed by atoms with Gasteiger partial charge in [0.25, 0.3) is 0 Å². The summed E-state index contributed by atoms with van der Waals surface area (Å²) >= 11 is 0. The van der Waals surface area contributed by atoms with Gasteiger partial charge in [0, 0.05) is 18.5 Å². The lowest BCUT2D eigenvalue weighted by atomic mass is 9.64. The van der Waals surface area contributed by atoms with E-state index in [1.54, 1.807) is 24.3 Å².